The van der Waals surface area contributed by atoms with Crippen molar-refractivity contribution in [2.45, 2.75) is 52.0 Å². The van der Waals surface area contributed by atoms with E-state index in [0.717, 1.165) is 17.9 Å². The number of primary amides is 1. The number of carbonyl (C=O) groups excluding carboxylic acids is 5. The molecule has 0 bridgehead atoms. The van der Waals surface area contributed by atoms with Crippen molar-refractivity contribution in [1.29, 1.82) is 0 Å². The van der Waals surface area contributed by atoms with Gasteiger partial charge in [0.25, 0.3) is 0 Å². The van der Waals surface area contributed by atoms with E-state index in [4.69, 9.17) is 5.73 Å². The molecule has 1 aliphatic heterocycles. The zero-order valence-corrected chi connectivity index (χ0v) is 16.3. The van der Waals surface area contributed by atoms with Crippen LogP contribution < -0.4 is 5.73 Å². The third-order valence-corrected chi connectivity index (χ3v) is 4.27. The highest BCUT2D eigenvalue weighted by atomic mass is 16.2. The zero-order valence-electron chi connectivity index (χ0n) is 16.3. The van der Waals surface area contributed by atoms with Crippen LogP contribution >= 0.6 is 0 Å². The molecule has 8 heteroatoms. The lowest BCUT2D eigenvalue weighted by Crippen LogP contribution is -2.58. The third-order valence-electron chi connectivity index (χ3n) is 4.27. The maximum atomic E-state index is 11.9. The highest BCUT2D eigenvalue weighted by Gasteiger charge is 2.33. The monoisotopic (exact) mass is 389 g/mol. The van der Waals surface area contributed by atoms with Crippen molar-refractivity contribution in [1.82, 2.24) is 10.0 Å². The average Bonchev–Trinajstić information content (AvgIpc) is 2.71. The van der Waals surface area contributed by atoms with Crippen LogP contribution in [0.4, 0.5) is 0 Å². The Hall–Kier alpha value is -3.03. The van der Waals surface area contributed by atoms with Crippen molar-refractivity contribution < 1.29 is 24.0 Å². The van der Waals surface area contributed by atoms with E-state index in [1.165, 1.54) is 11.9 Å². The van der Waals surface area contributed by atoms with Crippen LogP contribution in [0.25, 0.3) is 0 Å². The molecular weight excluding hydrogens is 362 g/mol. The first-order valence-electron chi connectivity index (χ1n) is 9.27. The lowest BCUT2D eigenvalue weighted by Gasteiger charge is -2.40. The Morgan fingerprint density at radius 2 is 1.82 bits per heavy atom. The lowest BCUT2D eigenvalue weighted by molar-refractivity contribution is -0.169. The Bertz CT molecular complexity index is 705. The van der Waals surface area contributed by atoms with E-state index in [1.807, 2.05) is 6.92 Å². The molecule has 0 spiro atoms. The molecule has 1 unspecified atom stereocenters. The standard InChI is InChI=1S/C11H19N3O3.C9H8O2/c1-2-3-6-10(16)13-7-4-5-9(11(12)17)14(13)8-15;1-7(10)9(11)8-5-3-2-4-6-8/h8-9H,2-7H2,1H3,(H2,12,17);2-6H,1H3. The molecule has 8 nitrogen and oxygen atoms in total. The number of hydrazine groups is 1. The number of carbonyl (C=O) groups is 5. The van der Waals surface area contributed by atoms with Crippen molar-refractivity contribution in [2.24, 2.45) is 5.73 Å². The fourth-order valence-electron chi connectivity index (χ4n) is 2.76. The molecule has 152 valence electrons. The van der Waals surface area contributed by atoms with Gasteiger partial charge < -0.3 is 5.73 Å². The van der Waals surface area contributed by atoms with Crippen LogP contribution in [0, 0.1) is 0 Å². The van der Waals surface area contributed by atoms with E-state index in [-0.39, 0.29) is 5.91 Å². The highest BCUT2D eigenvalue weighted by Crippen LogP contribution is 2.18. The largest absolute Gasteiger partial charge is 0.368 e. The molecular formula is C20H27N3O5. The molecule has 1 aromatic carbocycles. The van der Waals surface area contributed by atoms with E-state index in [0.29, 0.717) is 37.8 Å². The van der Waals surface area contributed by atoms with E-state index in [1.54, 1.807) is 30.3 Å². The van der Waals surface area contributed by atoms with Gasteiger partial charge >= 0.3 is 0 Å². The van der Waals surface area contributed by atoms with Gasteiger partial charge in [-0.25, -0.2) is 5.01 Å². The summed E-state index contributed by atoms with van der Waals surface area (Å²) in [6.07, 6.45) is 3.81. The van der Waals surface area contributed by atoms with Crippen LogP contribution in [0.5, 0.6) is 0 Å². The van der Waals surface area contributed by atoms with Crippen LogP contribution in [-0.4, -0.2) is 52.4 Å². The SMILES string of the molecule is CC(=O)C(=O)c1ccccc1.CCCCC(=O)N1CCCC(C(N)=O)N1C=O. The van der Waals surface area contributed by atoms with Crippen LogP contribution in [0.2, 0.25) is 0 Å². The molecule has 0 saturated carbocycles. The van der Waals surface area contributed by atoms with Gasteiger partial charge in [0, 0.05) is 25.5 Å². The molecule has 3 amide bonds. The fraction of sp³-hybridized carbons (Fsp3) is 0.450. The maximum Gasteiger partial charge on any atom is 0.242 e. The van der Waals surface area contributed by atoms with E-state index in [2.05, 4.69) is 0 Å². The number of hydrogen-bond donors (Lipinski definition) is 1. The number of benzene rings is 1. The molecule has 1 heterocycles. The first kappa shape index (κ1) is 23.0. The van der Waals surface area contributed by atoms with Gasteiger partial charge in [-0.2, -0.15) is 0 Å². The first-order valence-corrected chi connectivity index (χ1v) is 9.27. The van der Waals surface area contributed by atoms with Crippen LogP contribution in [0.15, 0.2) is 30.3 Å². The summed E-state index contributed by atoms with van der Waals surface area (Å²) in [4.78, 5) is 55.6. The zero-order chi connectivity index (χ0) is 21.1. The molecule has 28 heavy (non-hydrogen) atoms. The number of nitrogens with zero attached hydrogens (tertiary/aromatic N) is 2. The normalized spacial score (nSPS) is 15.9. The Labute approximate surface area is 164 Å². The third kappa shape index (κ3) is 6.61. The minimum atomic E-state index is -0.688. The van der Waals surface area contributed by atoms with Crippen LogP contribution in [0.1, 0.15) is 56.3 Å². The Morgan fingerprint density at radius 1 is 1.18 bits per heavy atom. The Balaban J connectivity index is 0.000000307. The number of unbranched alkanes of at least 4 members (excludes halogenated alkanes) is 1. The van der Waals surface area contributed by atoms with Crippen LogP contribution in [-0.2, 0) is 19.2 Å². The summed E-state index contributed by atoms with van der Waals surface area (Å²) in [6, 6.07) is 7.84. The number of nitrogens with two attached hydrogens (primary N) is 1. The summed E-state index contributed by atoms with van der Waals surface area (Å²) in [5.41, 5.74) is 5.68. The quantitative estimate of drug-likeness (QED) is 0.431. The van der Waals surface area contributed by atoms with Gasteiger partial charge in [0.05, 0.1) is 0 Å². The molecule has 0 aliphatic carbocycles. The van der Waals surface area contributed by atoms with Gasteiger partial charge in [-0.15, -0.1) is 0 Å². The predicted octanol–water partition coefficient (Wildman–Crippen LogP) is 1.48. The summed E-state index contributed by atoms with van der Waals surface area (Å²) in [7, 11) is 0. The number of rotatable bonds is 7. The maximum absolute atomic E-state index is 11.9. The van der Waals surface area contributed by atoms with Crippen molar-refractivity contribution in [3.05, 3.63) is 35.9 Å². The smallest absolute Gasteiger partial charge is 0.242 e. The topological polar surface area (TPSA) is 118 Å². The van der Waals surface area contributed by atoms with Crippen molar-refractivity contribution in [2.75, 3.05) is 6.54 Å². The lowest BCUT2D eigenvalue weighted by atomic mass is 10.1. The number of Topliss-reactive ketones (excluding diaryl/α,β-unsaturated/α-hetero) is 2. The first-order chi connectivity index (χ1) is 13.3. The molecule has 2 rings (SSSR count). The molecule has 1 atom stereocenters. The molecule has 0 radical (unpaired) electrons. The summed E-state index contributed by atoms with van der Waals surface area (Å²) in [5.74, 6) is -1.53. The molecule has 1 fully saturated rings. The van der Waals surface area contributed by atoms with Crippen molar-refractivity contribution in [3.8, 4) is 0 Å². The second-order valence-corrected chi connectivity index (χ2v) is 6.42. The fourth-order valence-corrected chi connectivity index (χ4v) is 2.76. The van der Waals surface area contributed by atoms with E-state index >= 15 is 0 Å². The highest BCUT2D eigenvalue weighted by molar-refractivity contribution is 6.42. The summed E-state index contributed by atoms with van der Waals surface area (Å²) < 4.78 is 0. The molecule has 1 aliphatic rings. The molecule has 1 aromatic rings. The van der Waals surface area contributed by atoms with Gasteiger partial charge in [-0.1, -0.05) is 43.7 Å². The minimum Gasteiger partial charge on any atom is -0.368 e. The van der Waals surface area contributed by atoms with Crippen molar-refractivity contribution >= 4 is 29.8 Å². The summed E-state index contributed by atoms with van der Waals surface area (Å²) in [6.45, 7) is 3.74. The Morgan fingerprint density at radius 3 is 2.32 bits per heavy atom. The van der Waals surface area contributed by atoms with Gasteiger partial charge in [-0.05, 0) is 19.3 Å². The number of hydrogen-bond acceptors (Lipinski definition) is 5. The molecule has 0 aromatic heterocycles. The second-order valence-electron chi connectivity index (χ2n) is 6.42. The number of ketones is 2. The van der Waals surface area contributed by atoms with Gasteiger partial charge in [0.1, 0.15) is 6.04 Å². The number of amides is 3. The van der Waals surface area contributed by atoms with Crippen LogP contribution in [0.3, 0.4) is 0 Å². The van der Waals surface area contributed by atoms with E-state index < -0.39 is 23.5 Å². The average molecular weight is 389 g/mol. The minimum absolute atomic E-state index is 0.120. The molecule has 1 saturated heterocycles. The predicted molar refractivity (Wildman–Crippen MR) is 103 cm³/mol. The van der Waals surface area contributed by atoms with Gasteiger partial charge in [-0.3, -0.25) is 29.0 Å². The summed E-state index contributed by atoms with van der Waals surface area (Å²) >= 11 is 0. The van der Waals surface area contributed by atoms with Gasteiger partial charge in [0.15, 0.2) is 5.78 Å². The Kier molecular flexibility index (Phi) is 9.56. The summed E-state index contributed by atoms with van der Waals surface area (Å²) in [5, 5.41) is 2.49. The second kappa shape index (κ2) is 11.6. The van der Waals surface area contributed by atoms with Gasteiger partial charge in [0.2, 0.25) is 24.0 Å². The molecule has 2 N–H and O–H groups in total. The van der Waals surface area contributed by atoms with Crippen molar-refractivity contribution in [3.63, 3.8) is 0 Å². The van der Waals surface area contributed by atoms with E-state index in [9.17, 15) is 24.0 Å².